The lowest BCUT2D eigenvalue weighted by atomic mass is 10.2. The number of hydrogen-bond acceptors (Lipinski definition) is 8. The van der Waals surface area contributed by atoms with Crippen LogP contribution in [0.1, 0.15) is 45.5 Å². The van der Waals surface area contributed by atoms with E-state index in [1.807, 2.05) is 0 Å². The van der Waals surface area contributed by atoms with Crippen LogP contribution in [0.15, 0.2) is 29.2 Å². The summed E-state index contributed by atoms with van der Waals surface area (Å²) in [5.41, 5.74) is 0.737. The number of nitrogens with one attached hydrogen (secondary N) is 1. The maximum absolute atomic E-state index is 12.8. The SMILES string of the molecule is CCOC(=O)c1sc(NC(=O)c2ccc(S(=O)(=O)N(C)CC3CCCO3)cc2)nc1C. The van der Waals surface area contributed by atoms with Gasteiger partial charge in [0.1, 0.15) is 4.88 Å². The van der Waals surface area contributed by atoms with Gasteiger partial charge in [-0.2, -0.15) is 4.31 Å². The zero-order valence-corrected chi connectivity index (χ0v) is 19.2. The highest BCUT2D eigenvalue weighted by molar-refractivity contribution is 7.89. The third kappa shape index (κ3) is 5.48. The summed E-state index contributed by atoms with van der Waals surface area (Å²) in [6.07, 6.45) is 1.68. The van der Waals surface area contributed by atoms with Gasteiger partial charge in [0.05, 0.1) is 23.3 Å². The van der Waals surface area contributed by atoms with Gasteiger partial charge in [0.15, 0.2) is 5.13 Å². The molecule has 0 bridgehead atoms. The average molecular weight is 468 g/mol. The van der Waals surface area contributed by atoms with Crippen molar-refractivity contribution in [3.63, 3.8) is 0 Å². The second-order valence-corrected chi connectivity index (χ2v) is 10.1. The highest BCUT2D eigenvalue weighted by Crippen LogP contribution is 2.24. The van der Waals surface area contributed by atoms with E-state index in [4.69, 9.17) is 9.47 Å². The Morgan fingerprint density at radius 1 is 1.32 bits per heavy atom. The lowest BCUT2D eigenvalue weighted by Crippen LogP contribution is -2.34. The van der Waals surface area contributed by atoms with Crippen molar-refractivity contribution in [1.29, 1.82) is 0 Å². The highest BCUT2D eigenvalue weighted by atomic mass is 32.2. The number of carbonyl (C=O) groups is 2. The Morgan fingerprint density at radius 2 is 2.03 bits per heavy atom. The highest BCUT2D eigenvalue weighted by Gasteiger charge is 2.26. The van der Waals surface area contributed by atoms with Crippen molar-refractivity contribution in [2.24, 2.45) is 0 Å². The van der Waals surface area contributed by atoms with Crippen LogP contribution in [0.25, 0.3) is 0 Å². The average Bonchev–Trinajstić information content (AvgIpc) is 3.37. The van der Waals surface area contributed by atoms with Gasteiger partial charge >= 0.3 is 5.97 Å². The van der Waals surface area contributed by atoms with Crippen molar-refractivity contribution in [2.45, 2.75) is 37.7 Å². The molecule has 31 heavy (non-hydrogen) atoms. The van der Waals surface area contributed by atoms with Gasteiger partial charge in [-0.15, -0.1) is 0 Å². The molecule has 1 saturated heterocycles. The predicted molar refractivity (Wildman–Crippen MR) is 116 cm³/mol. The van der Waals surface area contributed by atoms with E-state index in [9.17, 15) is 18.0 Å². The Kier molecular flexibility index (Phi) is 7.42. The van der Waals surface area contributed by atoms with E-state index in [0.717, 1.165) is 24.2 Å². The number of hydrogen-bond donors (Lipinski definition) is 1. The Balaban J connectivity index is 1.67. The smallest absolute Gasteiger partial charge is 0.350 e. The van der Waals surface area contributed by atoms with E-state index in [1.54, 1.807) is 13.8 Å². The summed E-state index contributed by atoms with van der Waals surface area (Å²) in [6.45, 7) is 4.56. The van der Waals surface area contributed by atoms with E-state index < -0.39 is 21.9 Å². The number of thiazole rings is 1. The summed E-state index contributed by atoms with van der Waals surface area (Å²) in [4.78, 5) is 29.0. The van der Waals surface area contributed by atoms with Crippen LogP contribution in [0.5, 0.6) is 0 Å². The quantitative estimate of drug-likeness (QED) is 0.594. The lowest BCUT2D eigenvalue weighted by Gasteiger charge is -2.20. The number of rotatable bonds is 8. The van der Waals surface area contributed by atoms with Crippen molar-refractivity contribution in [3.05, 3.63) is 40.4 Å². The largest absolute Gasteiger partial charge is 0.462 e. The van der Waals surface area contributed by atoms with E-state index in [0.29, 0.717) is 17.2 Å². The fraction of sp³-hybridized carbons (Fsp3) is 0.450. The predicted octanol–water partition coefficient (Wildman–Crippen LogP) is 2.68. The lowest BCUT2D eigenvalue weighted by molar-refractivity contribution is 0.0531. The number of nitrogens with zero attached hydrogens (tertiary/aromatic N) is 2. The van der Waals surface area contributed by atoms with Gasteiger partial charge < -0.3 is 9.47 Å². The van der Waals surface area contributed by atoms with Crippen molar-refractivity contribution in [2.75, 3.05) is 32.1 Å². The molecule has 1 atom stereocenters. The summed E-state index contributed by atoms with van der Waals surface area (Å²) in [6, 6.07) is 5.67. The van der Waals surface area contributed by atoms with E-state index in [2.05, 4.69) is 10.3 Å². The Hall–Kier alpha value is -2.34. The molecule has 1 aliphatic rings. The third-order valence-electron chi connectivity index (χ3n) is 4.79. The second-order valence-electron chi connectivity index (χ2n) is 7.05. The Labute approximate surface area is 185 Å². The van der Waals surface area contributed by atoms with Gasteiger partial charge in [0, 0.05) is 25.8 Å². The molecule has 1 aromatic heterocycles. The summed E-state index contributed by atoms with van der Waals surface area (Å²) in [5.74, 6) is -0.944. The minimum Gasteiger partial charge on any atom is -0.462 e. The molecule has 0 radical (unpaired) electrons. The molecule has 2 aromatic rings. The Morgan fingerprint density at radius 3 is 2.65 bits per heavy atom. The molecule has 3 rings (SSSR count). The topological polar surface area (TPSA) is 115 Å². The zero-order valence-electron chi connectivity index (χ0n) is 17.6. The molecule has 11 heteroatoms. The van der Waals surface area contributed by atoms with Crippen LogP contribution in [-0.4, -0.2) is 62.5 Å². The third-order valence-corrected chi connectivity index (χ3v) is 7.68. The van der Waals surface area contributed by atoms with Crippen LogP contribution in [0.2, 0.25) is 0 Å². The molecule has 1 aromatic carbocycles. The molecule has 0 spiro atoms. The maximum Gasteiger partial charge on any atom is 0.350 e. The molecule has 0 aliphatic carbocycles. The second kappa shape index (κ2) is 9.86. The number of aryl methyl sites for hydroxylation is 1. The van der Waals surface area contributed by atoms with Gasteiger partial charge in [0.2, 0.25) is 10.0 Å². The van der Waals surface area contributed by atoms with Gasteiger partial charge in [-0.1, -0.05) is 11.3 Å². The minimum absolute atomic E-state index is 0.0916. The number of anilines is 1. The van der Waals surface area contributed by atoms with Crippen LogP contribution in [-0.2, 0) is 19.5 Å². The normalized spacial score (nSPS) is 16.5. The monoisotopic (exact) mass is 467 g/mol. The minimum atomic E-state index is -3.69. The first-order valence-electron chi connectivity index (χ1n) is 9.86. The molecule has 9 nitrogen and oxygen atoms in total. The fourth-order valence-electron chi connectivity index (χ4n) is 3.14. The number of esters is 1. The van der Waals surface area contributed by atoms with Crippen LogP contribution in [0.4, 0.5) is 5.13 Å². The molecule has 168 valence electrons. The van der Waals surface area contributed by atoms with Crippen molar-refractivity contribution in [1.82, 2.24) is 9.29 Å². The Bertz CT molecular complexity index is 1040. The van der Waals surface area contributed by atoms with E-state index in [-0.39, 0.29) is 34.8 Å². The number of ether oxygens (including phenoxy) is 2. The molecular weight excluding hydrogens is 442 g/mol. The molecule has 0 saturated carbocycles. The molecule has 1 amide bonds. The number of amides is 1. The summed E-state index contributed by atoms with van der Waals surface area (Å²) in [7, 11) is -2.17. The van der Waals surface area contributed by atoms with Crippen molar-refractivity contribution < 1.29 is 27.5 Å². The van der Waals surface area contributed by atoms with Gasteiger partial charge in [-0.25, -0.2) is 18.2 Å². The molecule has 2 heterocycles. The number of aromatic nitrogens is 1. The number of benzene rings is 1. The summed E-state index contributed by atoms with van der Waals surface area (Å²) in [5, 5.41) is 2.89. The zero-order chi connectivity index (χ0) is 22.6. The number of sulfonamides is 1. The first kappa shape index (κ1) is 23.3. The number of carbonyl (C=O) groups excluding carboxylic acids is 2. The van der Waals surface area contributed by atoms with Crippen LogP contribution in [0.3, 0.4) is 0 Å². The first-order valence-corrected chi connectivity index (χ1v) is 12.1. The van der Waals surface area contributed by atoms with Crippen molar-refractivity contribution >= 4 is 38.4 Å². The summed E-state index contributed by atoms with van der Waals surface area (Å²) >= 11 is 1.02. The molecule has 1 aliphatic heterocycles. The van der Waals surface area contributed by atoms with Gasteiger partial charge in [-0.3, -0.25) is 10.1 Å². The molecule has 1 fully saturated rings. The van der Waals surface area contributed by atoms with E-state index >= 15 is 0 Å². The van der Waals surface area contributed by atoms with E-state index in [1.165, 1.54) is 35.6 Å². The van der Waals surface area contributed by atoms with Gasteiger partial charge in [0.25, 0.3) is 5.91 Å². The summed E-state index contributed by atoms with van der Waals surface area (Å²) < 4.78 is 37.3. The molecular formula is C20H25N3O6S2. The fourth-order valence-corrected chi connectivity index (χ4v) is 5.19. The standard InChI is InChI=1S/C20H25N3O6S2/c1-4-28-19(25)17-13(2)21-20(30-17)22-18(24)14-7-9-16(10-8-14)31(26,27)23(3)12-15-6-5-11-29-15/h7-10,15H,4-6,11-12H2,1-3H3,(H,21,22,24). The maximum atomic E-state index is 12.8. The molecule has 1 unspecified atom stereocenters. The van der Waals surface area contributed by atoms with Crippen molar-refractivity contribution in [3.8, 4) is 0 Å². The molecule has 1 N–H and O–H groups in total. The van der Waals surface area contributed by atoms with Crippen LogP contribution < -0.4 is 5.32 Å². The van der Waals surface area contributed by atoms with Crippen LogP contribution >= 0.6 is 11.3 Å². The van der Waals surface area contributed by atoms with Gasteiger partial charge in [-0.05, 0) is 51.0 Å². The van der Waals surface area contributed by atoms with Crippen LogP contribution in [0, 0.1) is 6.92 Å². The number of likely N-dealkylation sites (N-methyl/N-ethyl adjacent to an activating group) is 1. The first-order chi connectivity index (χ1) is 14.7.